The first-order valence-corrected chi connectivity index (χ1v) is 8.91. The molecule has 3 rings (SSSR count). The van der Waals surface area contributed by atoms with Crippen molar-refractivity contribution in [1.29, 1.82) is 0 Å². The van der Waals surface area contributed by atoms with E-state index in [1.54, 1.807) is 24.3 Å². The molecule has 0 saturated heterocycles. The molecule has 0 unspecified atom stereocenters. The second kappa shape index (κ2) is 9.27. The fourth-order valence-corrected chi connectivity index (χ4v) is 2.60. The van der Waals surface area contributed by atoms with Crippen molar-refractivity contribution in [2.75, 3.05) is 17.2 Å². The first-order chi connectivity index (χ1) is 13.6. The molecular formula is C21H21N5O2. The Balaban J connectivity index is 1.54. The third-order valence-electron chi connectivity index (χ3n) is 3.89. The molecule has 7 nitrogen and oxygen atoms in total. The number of carbonyl (C=O) groups is 2. The van der Waals surface area contributed by atoms with Crippen LogP contribution < -0.4 is 16.0 Å². The van der Waals surface area contributed by atoms with Gasteiger partial charge in [-0.3, -0.25) is 9.59 Å². The van der Waals surface area contributed by atoms with Gasteiger partial charge in [0, 0.05) is 24.8 Å². The van der Waals surface area contributed by atoms with Crippen molar-refractivity contribution in [2.24, 2.45) is 0 Å². The monoisotopic (exact) mass is 375 g/mol. The molecule has 0 spiro atoms. The van der Waals surface area contributed by atoms with Crippen molar-refractivity contribution < 1.29 is 9.59 Å². The van der Waals surface area contributed by atoms with Crippen LogP contribution in [0, 0.1) is 0 Å². The van der Waals surface area contributed by atoms with E-state index in [2.05, 4.69) is 26.1 Å². The molecule has 0 aliphatic rings. The van der Waals surface area contributed by atoms with Crippen LogP contribution in [-0.4, -0.2) is 28.6 Å². The zero-order valence-electron chi connectivity index (χ0n) is 15.5. The van der Waals surface area contributed by atoms with Gasteiger partial charge in [-0.25, -0.2) is 0 Å². The summed E-state index contributed by atoms with van der Waals surface area (Å²) in [5.74, 6) is 0.100. The molecule has 0 radical (unpaired) electrons. The number of hydrogen-bond donors (Lipinski definition) is 3. The van der Waals surface area contributed by atoms with E-state index in [9.17, 15) is 9.59 Å². The van der Waals surface area contributed by atoms with Crippen molar-refractivity contribution in [3.05, 3.63) is 78.0 Å². The van der Waals surface area contributed by atoms with Crippen LogP contribution in [0.5, 0.6) is 0 Å². The first-order valence-electron chi connectivity index (χ1n) is 8.91. The summed E-state index contributed by atoms with van der Waals surface area (Å²) < 4.78 is 0. The van der Waals surface area contributed by atoms with Crippen LogP contribution in [0.3, 0.4) is 0 Å². The Morgan fingerprint density at radius 2 is 1.68 bits per heavy atom. The molecule has 1 aromatic heterocycles. The molecule has 28 heavy (non-hydrogen) atoms. The van der Waals surface area contributed by atoms with Crippen LogP contribution in [0.25, 0.3) is 0 Å². The van der Waals surface area contributed by atoms with Gasteiger partial charge in [-0.05, 0) is 42.3 Å². The Kier molecular flexibility index (Phi) is 6.30. The summed E-state index contributed by atoms with van der Waals surface area (Å²) in [5, 5.41) is 16.7. The number of anilines is 3. The third-order valence-corrected chi connectivity index (χ3v) is 3.89. The van der Waals surface area contributed by atoms with Gasteiger partial charge in [0.05, 0.1) is 0 Å². The van der Waals surface area contributed by atoms with E-state index in [1.165, 1.54) is 6.92 Å². The molecule has 142 valence electrons. The van der Waals surface area contributed by atoms with Crippen molar-refractivity contribution in [1.82, 2.24) is 15.5 Å². The van der Waals surface area contributed by atoms with Gasteiger partial charge < -0.3 is 16.0 Å². The molecule has 0 fully saturated rings. The number of hydrogen-bond acceptors (Lipinski definition) is 5. The zero-order valence-corrected chi connectivity index (χ0v) is 15.5. The number of aromatic nitrogens is 2. The maximum atomic E-state index is 12.2. The van der Waals surface area contributed by atoms with Crippen molar-refractivity contribution in [3.8, 4) is 0 Å². The normalized spacial score (nSPS) is 10.2. The summed E-state index contributed by atoms with van der Waals surface area (Å²) in [7, 11) is 0. The molecule has 0 bridgehead atoms. The molecule has 3 aromatic rings. The summed E-state index contributed by atoms with van der Waals surface area (Å²) in [4.78, 5) is 23.3. The van der Waals surface area contributed by atoms with Crippen molar-refractivity contribution >= 4 is 29.0 Å². The molecule has 0 saturated carbocycles. The van der Waals surface area contributed by atoms with Crippen LogP contribution in [0.2, 0.25) is 0 Å². The van der Waals surface area contributed by atoms with E-state index in [0.29, 0.717) is 18.1 Å². The largest absolute Gasteiger partial charge is 0.350 e. The summed E-state index contributed by atoms with van der Waals surface area (Å²) in [6.45, 7) is 1.98. The van der Waals surface area contributed by atoms with Crippen LogP contribution in [-0.2, 0) is 11.2 Å². The summed E-state index contributed by atoms with van der Waals surface area (Å²) in [6.07, 6.45) is 0.754. The average Bonchev–Trinajstić information content (AvgIpc) is 2.69. The summed E-state index contributed by atoms with van der Waals surface area (Å²) in [6, 6.07) is 20.5. The topological polar surface area (TPSA) is 96.0 Å². The molecule has 2 aromatic carbocycles. The lowest BCUT2D eigenvalue weighted by Crippen LogP contribution is -2.26. The number of nitrogens with one attached hydrogen (secondary N) is 3. The van der Waals surface area contributed by atoms with Gasteiger partial charge in [0.1, 0.15) is 0 Å². The second-order valence-electron chi connectivity index (χ2n) is 6.18. The Hall–Kier alpha value is -3.74. The Morgan fingerprint density at radius 1 is 0.893 bits per heavy atom. The minimum Gasteiger partial charge on any atom is -0.350 e. The fraction of sp³-hybridized carbons (Fsp3) is 0.143. The van der Waals surface area contributed by atoms with Crippen LogP contribution in [0.15, 0.2) is 66.7 Å². The molecule has 1 heterocycles. The van der Waals surface area contributed by atoms with Gasteiger partial charge in [-0.1, -0.05) is 36.4 Å². The highest BCUT2D eigenvalue weighted by atomic mass is 16.2. The number of carbonyl (C=O) groups excluding carboxylic acids is 2. The van der Waals surface area contributed by atoms with E-state index >= 15 is 0 Å². The van der Waals surface area contributed by atoms with E-state index in [4.69, 9.17) is 0 Å². The maximum Gasteiger partial charge on any atom is 0.271 e. The lowest BCUT2D eigenvalue weighted by molar-refractivity contribution is -0.114. The summed E-state index contributed by atoms with van der Waals surface area (Å²) >= 11 is 0. The predicted octanol–water partition coefficient (Wildman–Crippen LogP) is 3.15. The molecule has 7 heteroatoms. The molecule has 2 amide bonds. The smallest absolute Gasteiger partial charge is 0.271 e. The van der Waals surface area contributed by atoms with Gasteiger partial charge in [0.2, 0.25) is 5.91 Å². The van der Waals surface area contributed by atoms with E-state index in [1.807, 2.05) is 42.5 Å². The van der Waals surface area contributed by atoms with E-state index in [0.717, 1.165) is 17.7 Å². The van der Waals surface area contributed by atoms with Crippen LogP contribution in [0.1, 0.15) is 23.0 Å². The number of nitrogens with zero attached hydrogens (tertiary/aromatic N) is 2. The fourth-order valence-electron chi connectivity index (χ4n) is 2.60. The third kappa shape index (κ3) is 5.63. The molecule has 0 atom stereocenters. The Labute approximate surface area is 163 Å². The lowest BCUT2D eigenvalue weighted by Gasteiger charge is -2.08. The van der Waals surface area contributed by atoms with Gasteiger partial charge in [0.25, 0.3) is 5.91 Å². The van der Waals surface area contributed by atoms with E-state index in [-0.39, 0.29) is 17.5 Å². The number of rotatable bonds is 7. The molecule has 0 aliphatic carbocycles. The second-order valence-corrected chi connectivity index (χ2v) is 6.18. The van der Waals surface area contributed by atoms with Crippen LogP contribution in [0.4, 0.5) is 17.2 Å². The van der Waals surface area contributed by atoms with Gasteiger partial charge >= 0.3 is 0 Å². The standard InChI is InChI=1S/C21H21N5O2/c1-15(27)23-17-8-5-9-18(14-17)24-20-11-10-19(25-26-20)21(28)22-13-12-16-6-3-2-4-7-16/h2-11,14H,12-13H2,1H3,(H,22,28)(H,23,27)(H,24,26). The van der Waals surface area contributed by atoms with Crippen LogP contribution >= 0.6 is 0 Å². The van der Waals surface area contributed by atoms with Crippen molar-refractivity contribution in [2.45, 2.75) is 13.3 Å². The number of amides is 2. The highest BCUT2D eigenvalue weighted by Crippen LogP contribution is 2.18. The SMILES string of the molecule is CC(=O)Nc1cccc(Nc2ccc(C(=O)NCCc3ccccc3)nn2)c1. The van der Waals surface area contributed by atoms with Gasteiger partial charge in [-0.2, -0.15) is 0 Å². The molecule has 3 N–H and O–H groups in total. The number of benzene rings is 2. The minimum atomic E-state index is -0.261. The quantitative estimate of drug-likeness (QED) is 0.590. The van der Waals surface area contributed by atoms with Gasteiger partial charge in [0.15, 0.2) is 11.5 Å². The first kappa shape index (κ1) is 19.0. The molecule has 0 aliphatic heterocycles. The maximum absolute atomic E-state index is 12.2. The minimum absolute atomic E-state index is 0.139. The lowest BCUT2D eigenvalue weighted by atomic mass is 10.1. The zero-order chi connectivity index (χ0) is 19.8. The average molecular weight is 375 g/mol. The summed E-state index contributed by atoms with van der Waals surface area (Å²) in [5.41, 5.74) is 2.85. The van der Waals surface area contributed by atoms with E-state index < -0.39 is 0 Å². The Morgan fingerprint density at radius 3 is 2.39 bits per heavy atom. The van der Waals surface area contributed by atoms with Gasteiger partial charge in [-0.15, -0.1) is 10.2 Å². The Bertz CT molecular complexity index is 943. The predicted molar refractivity (Wildman–Crippen MR) is 109 cm³/mol. The van der Waals surface area contributed by atoms with Crippen molar-refractivity contribution in [3.63, 3.8) is 0 Å². The molecular weight excluding hydrogens is 354 g/mol. The highest BCUT2D eigenvalue weighted by molar-refractivity contribution is 5.92. The highest BCUT2D eigenvalue weighted by Gasteiger charge is 2.08.